The number of amides is 2. The van der Waals surface area contributed by atoms with Gasteiger partial charge in [0.1, 0.15) is 5.75 Å². The molecule has 1 aromatic carbocycles. The zero-order chi connectivity index (χ0) is 18.7. The van der Waals surface area contributed by atoms with Crippen LogP contribution in [-0.2, 0) is 26.4 Å². The monoisotopic (exact) mass is 358 g/mol. The van der Waals surface area contributed by atoms with E-state index in [2.05, 4.69) is 10.4 Å². The van der Waals surface area contributed by atoms with E-state index in [1.807, 2.05) is 24.3 Å². The Balaban J connectivity index is 1.55. The summed E-state index contributed by atoms with van der Waals surface area (Å²) in [6.07, 6.45) is 1.22. The SMILES string of the molecule is COc1ccc(CCNC(=O)N2CCc3c(C(=O)O)nn(C)c3C2)cc1. The van der Waals surface area contributed by atoms with Crippen LogP contribution in [-0.4, -0.2) is 52.0 Å². The third kappa shape index (κ3) is 3.63. The van der Waals surface area contributed by atoms with Crippen molar-refractivity contribution >= 4 is 12.0 Å². The van der Waals surface area contributed by atoms with Gasteiger partial charge in [-0.05, 0) is 30.5 Å². The average Bonchev–Trinajstić information content (AvgIpc) is 2.99. The van der Waals surface area contributed by atoms with Crippen molar-refractivity contribution in [3.8, 4) is 5.75 Å². The number of nitrogens with one attached hydrogen (secondary N) is 1. The number of rotatable bonds is 5. The predicted molar refractivity (Wildman–Crippen MR) is 94.4 cm³/mol. The third-order valence-corrected chi connectivity index (χ3v) is 4.59. The molecule has 0 aliphatic carbocycles. The molecule has 138 valence electrons. The van der Waals surface area contributed by atoms with Crippen molar-refractivity contribution in [3.63, 3.8) is 0 Å². The van der Waals surface area contributed by atoms with E-state index in [4.69, 9.17) is 4.74 Å². The molecule has 3 rings (SSSR count). The maximum absolute atomic E-state index is 12.4. The van der Waals surface area contributed by atoms with Gasteiger partial charge in [0.15, 0.2) is 5.69 Å². The maximum atomic E-state index is 12.4. The summed E-state index contributed by atoms with van der Waals surface area (Å²) in [5.74, 6) is -0.224. The molecular formula is C18H22N4O4. The smallest absolute Gasteiger partial charge is 0.356 e. The molecular weight excluding hydrogens is 336 g/mol. The van der Waals surface area contributed by atoms with Gasteiger partial charge in [0.05, 0.1) is 19.3 Å². The summed E-state index contributed by atoms with van der Waals surface area (Å²) in [5, 5.41) is 16.2. The normalized spacial score (nSPS) is 13.2. The van der Waals surface area contributed by atoms with E-state index in [9.17, 15) is 14.7 Å². The Morgan fingerprint density at radius 3 is 2.69 bits per heavy atom. The van der Waals surface area contributed by atoms with Gasteiger partial charge in [-0.2, -0.15) is 5.10 Å². The van der Waals surface area contributed by atoms with Crippen molar-refractivity contribution in [2.75, 3.05) is 20.2 Å². The largest absolute Gasteiger partial charge is 0.497 e. The van der Waals surface area contributed by atoms with E-state index in [1.54, 1.807) is 23.7 Å². The van der Waals surface area contributed by atoms with Crippen LogP contribution in [0.2, 0.25) is 0 Å². The van der Waals surface area contributed by atoms with E-state index < -0.39 is 5.97 Å². The molecule has 2 aromatic rings. The maximum Gasteiger partial charge on any atom is 0.356 e. The fourth-order valence-electron chi connectivity index (χ4n) is 3.13. The number of carbonyl (C=O) groups excluding carboxylic acids is 1. The van der Waals surface area contributed by atoms with E-state index in [1.165, 1.54) is 0 Å². The van der Waals surface area contributed by atoms with Crippen LogP contribution in [0.15, 0.2) is 24.3 Å². The van der Waals surface area contributed by atoms with Crippen molar-refractivity contribution < 1.29 is 19.4 Å². The lowest BCUT2D eigenvalue weighted by Crippen LogP contribution is -2.43. The van der Waals surface area contributed by atoms with Crippen LogP contribution >= 0.6 is 0 Å². The molecule has 0 fully saturated rings. The summed E-state index contributed by atoms with van der Waals surface area (Å²) >= 11 is 0. The van der Waals surface area contributed by atoms with Crippen LogP contribution < -0.4 is 10.1 Å². The Hall–Kier alpha value is -3.03. The number of fused-ring (bicyclic) bond motifs is 1. The number of aryl methyl sites for hydroxylation is 1. The molecule has 26 heavy (non-hydrogen) atoms. The summed E-state index contributed by atoms with van der Waals surface area (Å²) in [5.41, 5.74) is 2.70. The molecule has 8 heteroatoms. The number of carboxylic acid groups (broad SMARTS) is 1. The molecule has 1 aliphatic heterocycles. The molecule has 2 N–H and O–H groups in total. The zero-order valence-electron chi connectivity index (χ0n) is 14.9. The summed E-state index contributed by atoms with van der Waals surface area (Å²) in [6, 6.07) is 7.59. The van der Waals surface area contributed by atoms with Crippen molar-refractivity contribution in [1.82, 2.24) is 20.0 Å². The first-order valence-electron chi connectivity index (χ1n) is 8.43. The predicted octanol–water partition coefficient (Wildman–Crippen LogP) is 1.44. The molecule has 0 bridgehead atoms. The Kier molecular flexibility index (Phi) is 5.11. The van der Waals surface area contributed by atoms with Gasteiger partial charge in [-0.15, -0.1) is 0 Å². The number of aromatic nitrogens is 2. The lowest BCUT2D eigenvalue weighted by molar-refractivity contribution is 0.0688. The highest BCUT2D eigenvalue weighted by Crippen LogP contribution is 2.22. The Morgan fingerprint density at radius 1 is 1.31 bits per heavy atom. The fourth-order valence-corrected chi connectivity index (χ4v) is 3.13. The second kappa shape index (κ2) is 7.47. The molecule has 0 atom stereocenters. The van der Waals surface area contributed by atoms with Crippen LogP contribution in [0, 0.1) is 0 Å². The first-order chi connectivity index (χ1) is 12.5. The van der Waals surface area contributed by atoms with Gasteiger partial charge in [-0.3, -0.25) is 4.68 Å². The van der Waals surface area contributed by atoms with Crippen molar-refractivity contribution in [2.24, 2.45) is 7.05 Å². The van der Waals surface area contributed by atoms with Gasteiger partial charge < -0.3 is 20.1 Å². The number of ether oxygens (including phenoxy) is 1. The molecule has 2 amide bonds. The second-order valence-electron chi connectivity index (χ2n) is 6.20. The Morgan fingerprint density at radius 2 is 2.04 bits per heavy atom. The molecule has 2 heterocycles. The highest BCUT2D eigenvalue weighted by Gasteiger charge is 2.28. The molecule has 8 nitrogen and oxygen atoms in total. The highest BCUT2D eigenvalue weighted by molar-refractivity contribution is 5.87. The van der Waals surface area contributed by atoms with Gasteiger partial charge in [-0.25, -0.2) is 9.59 Å². The molecule has 0 saturated carbocycles. The van der Waals surface area contributed by atoms with Crippen LogP contribution in [0.25, 0.3) is 0 Å². The van der Waals surface area contributed by atoms with Gasteiger partial charge in [0.25, 0.3) is 0 Å². The Labute approximate surface area is 151 Å². The number of aromatic carboxylic acids is 1. The van der Waals surface area contributed by atoms with Gasteiger partial charge in [-0.1, -0.05) is 12.1 Å². The van der Waals surface area contributed by atoms with E-state index in [0.29, 0.717) is 26.1 Å². The summed E-state index contributed by atoms with van der Waals surface area (Å²) in [7, 11) is 3.33. The van der Waals surface area contributed by atoms with Crippen molar-refractivity contribution in [3.05, 3.63) is 46.8 Å². The van der Waals surface area contributed by atoms with Crippen molar-refractivity contribution in [1.29, 1.82) is 0 Å². The molecule has 0 radical (unpaired) electrons. The number of methoxy groups -OCH3 is 1. The lowest BCUT2D eigenvalue weighted by atomic mass is 10.0. The number of benzene rings is 1. The van der Waals surface area contributed by atoms with Crippen LogP contribution in [0.1, 0.15) is 27.3 Å². The van der Waals surface area contributed by atoms with E-state index in [-0.39, 0.29) is 11.7 Å². The van der Waals surface area contributed by atoms with E-state index >= 15 is 0 Å². The highest BCUT2D eigenvalue weighted by atomic mass is 16.5. The van der Waals surface area contributed by atoms with Crippen LogP contribution in [0.5, 0.6) is 5.75 Å². The van der Waals surface area contributed by atoms with Crippen LogP contribution in [0.3, 0.4) is 0 Å². The first kappa shape index (κ1) is 17.8. The van der Waals surface area contributed by atoms with Gasteiger partial charge in [0, 0.05) is 25.7 Å². The standard InChI is InChI=1S/C18H22N4O4/c1-21-15-11-22(10-8-14(15)16(20-21)17(23)24)18(25)19-9-7-12-3-5-13(26-2)6-4-12/h3-6H,7-11H2,1-2H3,(H,19,25)(H,23,24). The zero-order valence-corrected chi connectivity index (χ0v) is 14.9. The minimum absolute atomic E-state index is 0.0852. The number of urea groups is 1. The van der Waals surface area contributed by atoms with E-state index in [0.717, 1.165) is 29.0 Å². The number of nitrogens with zero attached hydrogens (tertiary/aromatic N) is 3. The summed E-state index contributed by atoms with van der Waals surface area (Å²) in [6.45, 7) is 1.37. The molecule has 0 saturated heterocycles. The minimum Gasteiger partial charge on any atom is -0.497 e. The molecule has 0 unspecified atom stereocenters. The van der Waals surface area contributed by atoms with Crippen molar-refractivity contribution in [2.45, 2.75) is 19.4 Å². The lowest BCUT2D eigenvalue weighted by Gasteiger charge is -2.27. The molecule has 0 spiro atoms. The fraction of sp³-hybridized carbons (Fsp3) is 0.389. The summed E-state index contributed by atoms with van der Waals surface area (Å²) in [4.78, 5) is 25.3. The van der Waals surface area contributed by atoms with Crippen LogP contribution in [0.4, 0.5) is 4.79 Å². The Bertz CT molecular complexity index is 813. The molecule has 1 aliphatic rings. The quantitative estimate of drug-likeness (QED) is 0.843. The number of hydrogen-bond donors (Lipinski definition) is 2. The minimum atomic E-state index is -1.03. The van der Waals surface area contributed by atoms with Gasteiger partial charge >= 0.3 is 12.0 Å². The second-order valence-corrected chi connectivity index (χ2v) is 6.20. The third-order valence-electron chi connectivity index (χ3n) is 4.59. The average molecular weight is 358 g/mol. The number of carbonyl (C=O) groups is 2. The van der Waals surface area contributed by atoms with Gasteiger partial charge in [0.2, 0.25) is 0 Å². The number of carboxylic acids is 1. The summed E-state index contributed by atoms with van der Waals surface area (Å²) < 4.78 is 6.68. The first-order valence-corrected chi connectivity index (χ1v) is 8.43. The number of hydrogen-bond acceptors (Lipinski definition) is 4. The topological polar surface area (TPSA) is 96.7 Å². The molecule has 1 aromatic heterocycles.